The molecule has 0 saturated heterocycles. The smallest absolute Gasteiger partial charge is 0.261 e. The van der Waals surface area contributed by atoms with Crippen LogP contribution < -0.4 is 15.4 Å². The molecule has 0 unspecified atom stereocenters. The second kappa shape index (κ2) is 9.31. The first-order valence-corrected chi connectivity index (χ1v) is 11.6. The fourth-order valence-electron chi connectivity index (χ4n) is 3.14. The molecule has 28 heavy (non-hydrogen) atoms. The maximum Gasteiger partial charge on any atom is 0.261 e. The van der Waals surface area contributed by atoms with Crippen LogP contribution in [0.3, 0.4) is 0 Å². The van der Waals surface area contributed by atoms with Crippen LogP contribution >= 0.6 is 35.4 Å². The average molecular weight is 458 g/mol. The van der Waals surface area contributed by atoms with E-state index in [1.165, 1.54) is 49.6 Å². The summed E-state index contributed by atoms with van der Waals surface area (Å²) in [5.74, 6) is 0. The molecule has 2 aromatic carbocycles. The molecule has 0 aromatic heterocycles. The van der Waals surface area contributed by atoms with Crippen molar-refractivity contribution in [3.05, 3.63) is 52.5 Å². The third-order valence-corrected chi connectivity index (χ3v) is 6.53. The minimum absolute atomic E-state index is 0.125. The molecule has 0 amide bonds. The van der Waals surface area contributed by atoms with Crippen molar-refractivity contribution >= 4 is 61.9 Å². The van der Waals surface area contributed by atoms with Crippen LogP contribution in [0.15, 0.2) is 47.4 Å². The van der Waals surface area contributed by atoms with Gasteiger partial charge in [-0.25, -0.2) is 8.42 Å². The summed E-state index contributed by atoms with van der Waals surface area (Å²) in [6, 6.07) is 11.3. The Hall–Kier alpha value is -1.54. The van der Waals surface area contributed by atoms with E-state index in [0.717, 1.165) is 18.5 Å². The SMILES string of the molecule is O=S(=O)(Nc1cc(Cl)cc(Cl)c1)c1ccc(NC(=S)NC2CCCCC2)cc1. The topological polar surface area (TPSA) is 70.2 Å². The van der Waals surface area contributed by atoms with E-state index in [0.29, 0.717) is 26.9 Å². The highest BCUT2D eigenvalue weighted by Gasteiger charge is 2.16. The van der Waals surface area contributed by atoms with Crippen LogP contribution in [0.25, 0.3) is 0 Å². The quantitative estimate of drug-likeness (QED) is 0.523. The van der Waals surface area contributed by atoms with Gasteiger partial charge in [0.1, 0.15) is 0 Å². The predicted octanol–water partition coefficient (Wildman–Crippen LogP) is 5.41. The molecule has 3 N–H and O–H groups in total. The summed E-state index contributed by atoms with van der Waals surface area (Å²) in [5.41, 5.74) is 1.02. The maximum absolute atomic E-state index is 12.6. The summed E-state index contributed by atoms with van der Waals surface area (Å²) >= 11 is 17.2. The van der Waals surface area contributed by atoms with E-state index in [1.54, 1.807) is 12.1 Å². The zero-order chi connectivity index (χ0) is 20.1. The summed E-state index contributed by atoms with van der Waals surface area (Å²) in [6.45, 7) is 0. The molecule has 3 rings (SSSR count). The van der Waals surface area contributed by atoms with E-state index in [-0.39, 0.29) is 4.90 Å². The molecule has 1 saturated carbocycles. The molecule has 0 radical (unpaired) electrons. The molecular weight excluding hydrogens is 437 g/mol. The molecule has 0 atom stereocenters. The van der Waals surface area contributed by atoms with Crippen molar-refractivity contribution in [3.8, 4) is 0 Å². The number of benzene rings is 2. The molecule has 0 heterocycles. The maximum atomic E-state index is 12.6. The van der Waals surface area contributed by atoms with Gasteiger partial charge < -0.3 is 10.6 Å². The average Bonchev–Trinajstić information content (AvgIpc) is 2.61. The molecule has 5 nitrogen and oxygen atoms in total. The zero-order valence-corrected chi connectivity index (χ0v) is 18.2. The minimum atomic E-state index is -3.76. The molecule has 2 aromatic rings. The Labute approximate surface area is 180 Å². The third kappa shape index (κ3) is 5.98. The van der Waals surface area contributed by atoms with Crippen molar-refractivity contribution in [2.45, 2.75) is 43.0 Å². The van der Waals surface area contributed by atoms with Gasteiger partial charge in [0, 0.05) is 21.8 Å². The van der Waals surface area contributed by atoms with E-state index < -0.39 is 10.0 Å². The second-order valence-electron chi connectivity index (χ2n) is 6.72. The summed E-state index contributed by atoms with van der Waals surface area (Å²) in [6.07, 6.45) is 5.97. The standard InChI is InChI=1S/C19H21Cl2N3O2S2/c20-13-10-14(21)12-17(11-13)24-28(25,26)18-8-6-16(7-9-18)23-19(27)22-15-4-2-1-3-5-15/h6-12,15,24H,1-5H2,(H2,22,23,27). The molecule has 9 heteroatoms. The number of rotatable bonds is 5. The van der Waals surface area contributed by atoms with Crippen LogP contribution in [0.5, 0.6) is 0 Å². The summed E-state index contributed by atoms with van der Waals surface area (Å²) in [5, 5.41) is 7.67. The number of sulfonamides is 1. The fourth-order valence-corrected chi connectivity index (χ4v) is 4.99. The van der Waals surface area contributed by atoms with Gasteiger partial charge in [0.15, 0.2) is 5.11 Å². The number of anilines is 2. The first-order chi connectivity index (χ1) is 13.3. The van der Waals surface area contributed by atoms with Crippen LogP contribution in [0, 0.1) is 0 Å². The van der Waals surface area contributed by atoms with E-state index in [2.05, 4.69) is 15.4 Å². The van der Waals surface area contributed by atoms with Crippen LogP contribution in [-0.4, -0.2) is 19.6 Å². The Morgan fingerprint density at radius 2 is 1.54 bits per heavy atom. The Balaban J connectivity index is 1.63. The number of halogens is 2. The largest absolute Gasteiger partial charge is 0.360 e. The van der Waals surface area contributed by atoms with Crippen molar-refractivity contribution in [1.29, 1.82) is 0 Å². The molecular formula is C19H21Cl2N3O2S2. The van der Waals surface area contributed by atoms with E-state index in [4.69, 9.17) is 35.4 Å². The van der Waals surface area contributed by atoms with Gasteiger partial charge >= 0.3 is 0 Å². The third-order valence-electron chi connectivity index (χ3n) is 4.48. The van der Waals surface area contributed by atoms with Crippen molar-refractivity contribution in [3.63, 3.8) is 0 Å². The monoisotopic (exact) mass is 457 g/mol. The zero-order valence-electron chi connectivity index (χ0n) is 15.0. The van der Waals surface area contributed by atoms with Crippen LogP contribution in [-0.2, 0) is 10.0 Å². The lowest BCUT2D eigenvalue weighted by Crippen LogP contribution is -2.38. The highest BCUT2D eigenvalue weighted by Crippen LogP contribution is 2.25. The number of hydrogen-bond acceptors (Lipinski definition) is 3. The number of nitrogens with one attached hydrogen (secondary N) is 3. The normalized spacial score (nSPS) is 15.1. The highest BCUT2D eigenvalue weighted by atomic mass is 35.5. The van der Waals surface area contributed by atoms with Crippen molar-refractivity contribution in [1.82, 2.24) is 5.32 Å². The Kier molecular flexibility index (Phi) is 7.04. The molecule has 1 aliphatic carbocycles. The summed E-state index contributed by atoms with van der Waals surface area (Å²) < 4.78 is 27.6. The second-order valence-corrected chi connectivity index (χ2v) is 9.68. The van der Waals surface area contributed by atoms with Crippen LogP contribution in [0.4, 0.5) is 11.4 Å². The molecule has 1 fully saturated rings. The van der Waals surface area contributed by atoms with E-state index in [1.807, 2.05) is 0 Å². The lowest BCUT2D eigenvalue weighted by Gasteiger charge is -2.24. The van der Waals surface area contributed by atoms with Crippen LogP contribution in [0.1, 0.15) is 32.1 Å². The first-order valence-electron chi connectivity index (χ1n) is 8.98. The van der Waals surface area contributed by atoms with Crippen molar-refractivity contribution in [2.24, 2.45) is 0 Å². The summed E-state index contributed by atoms with van der Waals surface area (Å²) in [4.78, 5) is 0.125. The van der Waals surface area contributed by atoms with Gasteiger partial charge in [0.25, 0.3) is 10.0 Å². The molecule has 1 aliphatic rings. The van der Waals surface area contributed by atoms with E-state index in [9.17, 15) is 8.42 Å². The first kappa shape index (κ1) is 21.2. The fraction of sp³-hybridized carbons (Fsp3) is 0.316. The van der Waals surface area contributed by atoms with Crippen molar-refractivity contribution < 1.29 is 8.42 Å². The van der Waals surface area contributed by atoms with Crippen LogP contribution in [0.2, 0.25) is 10.0 Å². The van der Waals surface area contributed by atoms with Gasteiger partial charge in [0.05, 0.1) is 10.6 Å². The van der Waals surface area contributed by atoms with Gasteiger partial charge in [-0.3, -0.25) is 4.72 Å². The van der Waals surface area contributed by atoms with Gasteiger partial charge in [-0.2, -0.15) is 0 Å². The Bertz CT molecular complexity index is 924. The van der Waals surface area contributed by atoms with Gasteiger partial charge in [-0.05, 0) is 67.5 Å². The molecule has 0 aliphatic heterocycles. The lowest BCUT2D eigenvalue weighted by molar-refractivity contribution is 0.415. The van der Waals surface area contributed by atoms with Gasteiger partial charge in [0.2, 0.25) is 0 Å². The van der Waals surface area contributed by atoms with E-state index >= 15 is 0 Å². The highest BCUT2D eigenvalue weighted by molar-refractivity contribution is 7.92. The minimum Gasteiger partial charge on any atom is -0.360 e. The molecule has 150 valence electrons. The summed E-state index contributed by atoms with van der Waals surface area (Å²) in [7, 11) is -3.76. The number of hydrogen-bond donors (Lipinski definition) is 3. The Morgan fingerprint density at radius 3 is 2.14 bits per heavy atom. The van der Waals surface area contributed by atoms with Crippen molar-refractivity contribution in [2.75, 3.05) is 10.0 Å². The lowest BCUT2D eigenvalue weighted by atomic mass is 9.96. The van der Waals surface area contributed by atoms with Gasteiger partial charge in [-0.1, -0.05) is 42.5 Å². The molecule has 0 bridgehead atoms. The molecule has 0 spiro atoms. The predicted molar refractivity (Wildman–Crippen MR) is 120 cm³/mol. The Morgan fingerprint density at radius 1 is 0.929 bits per heavy atom. The van der Waals surface area contributed by atoms with Gasteiger partial charge in [-0.15, -0.1) is 0 Å². The number of thiocarbonyl (C=S) groups is 1.